The van der Waals surface area contributed by atoms with E-state index in [0.29, 0.717) is 8.61 Å². The Balaban J connectivity index is 1.82. The first-order valence-corrected chi connectivity index (χ1v) is 14.7. The van der Waals surface area contributed by atoms with E-state index >= 15 is 4.39 Å². The number of carbonyl (C=O) groups is 1. The van der Waals surface area contributed by atoms with Gasteiger partial charge in [0.15, 0.2) is 11.5 Å². The van der Waals surface area contributed by atoms with Gasteiger partial charge in [-0.2, -0.15) is 17.5 Å². The molecule has 2 N–H and O–H groups in total. The first-order valence-electron chi connectivity index (χ1n) is 11.6. The smallest absolute Gasteiger partial charge is 0.369 e. The number of aromatic nitrogens is 1. The summed E-state index contributed by atoms with van der Waals surface area (Å²) in [5, 5.41) is 0. The van der Waals surface area contributed by atoms with Gasteiger partial charge in [-0.05, 0) is 43.2 Å². The lowest BCUT2D eigenvalue weighted by atomic mass is 9.77. The Kier molecular flexibility index (Phi) is 7.25. The van der Waals surface area contributed by atoms with Gasteiger partial charge in [0.25, 0.3) is 0 Å². The van der Waals surface area contributed by atoms with Crippen molar-refractivity contribution in [3.05, 3.63) is 65.0 Å². The van der Waals surface area contributed by atoms with Crippen LogP contribution in [-0.4, -0.2) is 79.0 Å². The van der Waals surface area contributed by atoms with Crippen LogP contribution in [0.3, 0.4) is 0 Å². The molecule has 1 aromatic carbocycles. The van der Waals surface area contributed by atoms with Crippen LogP contribution in [0, 0.1) is 11.6 Å². The number of nitrogens with two attached hydrogens (primary N) is 1. The third-order valence-electron chi connectivity index (χ3n) is 7.27. The van der Waals surface area contributed by atoms with Crippen molar-refractivity contribution in [1.82, 2.24) is 13.6 Å². The summed E-state index contributed by atoms with van der Waals surface area (Å²) in [6, 6.07) is 5.56. The molecule has 2 aliphatic rings. The van der Waals surface area contributed by atoms with Crippen LogP contribution in [0.4, 0.5) is 22.0 Å². The van der Waals surface area contributed by atoms with Crippen molar-refractivity contribution >= 4 is 31.8 Å². The maximum Gasteiger partial charge on any atom is 0.404 e. The summed E-state index contributed by atoms with van der Waals surface area (Å²) in [4.78, 5) is 20.7. The number of ketones is 1. The van der Waals surface area contributed by atoms with Gasteiger partial charge in [-0.15, -0.1) is 0 Å². The quantitative estimate of drug-likeness (QED) is 0.390. The molecule has 0 bridgehead atoms. The molecule has 1 aromatic heterocycles. The van der Waals surface area contributed by atoms with Gasteiger partial charge in [0.1, 0.15) is 27.6 Å². The minimum absolute atomic E-state index is 0.0830. The number of aliphatic imine (C=N–C) groups is 1. The predicted octanol–water partition coefficient (Wildman–Crippen LogP) is 1.93. The summed E-state index contributed by atoms with van der Waals surface area (Å²) >= 11 is 0. The van der Waals surface area contributed by atoms with E-state index in [9.17, 15) is 39.2 Å². The number of rotatable bonds is 6. The maximum absolute atomic E-state index is 15.4. The molecule has 2 aromatic rings. The Labute approximate surface area is 226 Å². The van der Waals surface area contributed by atoms with Gasteiger partial charge in [0.05, 0.1) is 6.20 Å². The van der Waals surface area contributed by atoms with Crippen LogP contribution in [-0.2, 0) is 32.0 Å². The standard InChI is InChI=1S/C23H24F5N5O5S2/c1-21(16-9-14(3-5-17(16)25)10-19(34)18-6-4-15(24)11-30-18)22(40(37,38)32(2)20(29)31-21)7-8-33(12-22)39(35,36)13-23(26,27)28/h3-6,9,11H,7-8,10,12-13H2,1-2H3,(H2,29,31)/t21-,22-/m1/s1. The minimum atomic E-state index is -5.09. The van der Waals surface area contributed by atoms with Crippen molar-refractivity contribution in [3.63, 3.8) is 0 Å². The van der Waals surface area contributed by atoms with Gasteiger partial charge in [0.2, 0.25) is 26.0 Å². The highest BCUT2D eigenvalue weighted by atomic mass is 32.2. The van der Waals surface area contributed by atoms with Crippen molar-refractivity contribution in [3.8, 4) is 0 Å². The summed E-state index contributed by atoms with van der Waals surface area (Å²) in [5.74, 6) is -4.97. The highest BCUT2D eigenvalue weighted by Gasteiger charge is 2.67. The van der Waals surface area contributed by atoms with Gasteiger partial charge in [-0.25, -0.2) is 34.9 Å². The van der Waals surface area contributed by atoms with Gasteiger partial charge in [-0.3, -0.25) is 9.78 Å². The normalized spacial score (nSPS) is 25.3. The molecule has 17 heteroatoms. The maximum atomic E-state index is 15.4. The number of Topliss-reactive ketones (excluding diaryl/α,β-unsaturated/α-hetero) is 1. The summed E-state index contributed by atoms with van der Waals surface area (Å²) in [6.45, 7) is -0.351. The summed E-state index contributed by atoms with van der Waals surface area (Å²) in [5.41, 5.74) is 3.50. The largest absolute Gasteiger partial charge is 0.404 e. The zero-order chi connectivity index (χ0) is 29.9. The fraction of sp³-hybridized carbons (Fsp3) is 0.435. The van der Waals surface area contributed by atoms with E-state index in [1.165, 1.54) is 19.1 Å². The number of pyridine rings is 1. The number of guanidine groups is 1. The Hall–Kier alpha value is -3.18. The van der Waals surface area contributed by atoms with E-state index in [-0.39, 0.29) is 23.2 Å². The summed E-state index contributed by atoms with van der Waals surface area (Å²) < 4.78 is 119. The van der Waals surface area contributed by atoms with E-state index in [0.717, 1.165) is 31.4 Å². The molecule has 4 rings (SSSR count). The molecule has 0 radical (unpaired) electrons. The van der Waals surface area contributed by atoms with Crippen LogP contribution in [0.2, 0.25) is 0 Å². The summed E-state index contributed by atoms with van der Waals surface area (Å²) in [7, 11) is -8.59. The molecule has 1 spiro atoms. The molecule has 1 fully saturated rings. The minimum Gasteiger partial charge on any atom is -0.369 e. The number of hydrogen-bond donors (Lipinski definition) is 1. The average Bonchev–Trinajstić information content (AvgIpc) is 3.32. The first-order chi connectivity index (χ1) is 18.3. The van der Waals surface area contributed by atoms with Crippen LogP contribution in [0.25, 0.3) is 0 Å². The second-order valence-electron chi connectivity index (χ2n) is 9.74. The molecule has 2 atom stereocenters. The molecule has 218 valence electrons. The van der Waals surface area contributed by atoms with E-state index in [1.807, 2.05) is 0 Å². The number of nitrogens with zero attached hydrogens (tertiary/aromatic N) is 4. The molecule has 0 amide bonds. The number of benzene rings is 1. The molecule has 0 aliphatic carbocycles. The Bertz CT molecular complexity index is 1600. The number of sulfonamides is 2. The van der Waals surface area contributed by atoms with Crippen molar-refractivity contribution in [1.29, 1.82) is 0 Å². The fourth-order valence-electron chi connectivity index (χ4n) is 5.11. The molecular weight excluding hydrogens is 585 g/mol. The predicted molar refractivity (Wildman–Crippen MR) is 133 cm³/mol. The molecule has 0 saturated carbocycles. The molecule has 0 unspecified atom stereocenters. The molecule has 3 heterocycles. The molecule has 10 nitrogen and oxygen atoms in total. The highest BCUT2D eigenvalue weighted by molar-refractivity contribution is 7.91. The molecule has 40 heavy (non-hydrogen) atoms. The van der Waals surface area contributed by atoms with Gasteiger partial charge < -0.3 is 5.73 Å². The van der Waals surface area contributed by atoms with E-state index in [4.69, 9.17) is 5.73 Å². The molecular formula is C23H24F5N5O5S2. The van der Waals surface area contributed by atoms with Gasteiger partial charge in [0, 0.05) is 32.1 Å². The number of halogens is 5. The van der Waals surface area contributed by atoms with Crippen LogP contribution in [0.5, 0.6) is 0 Å². The van der Waals surface area contributed by atoms with Crippen molar-refractivity contribution in [2.24, 2.45) is 10.7 Å². The Morgan fingerprint density at radius 2 is 1.85 bits per heavy atom. The van der Waals surface area contributed by atoms with Gasteiger partial charge >= 0.3 is 6.18 Å². The monoisotopic (exact) mass is 609 g/mol. The van der Waals surface area contributed by atoms with Crippen LogP contribution < -0.4 is 5.73 Å². The lowest BCUT2D eigenvalue weighted by Gasteiger charge is -2.48. The highest BCUT2D eigenvalue weighted by Crippen LogP contribution is 2.52. The number of alkyl halides is 3. The SMILES string of the molecule is CN1C(N)=N[C@](C)(c2cc(CC(=O)c3ccc(F)cn3)ccc2F)[C@]2(CCN(S(=O)(=O)CC(F)(F)F)C2)S1(=O)=O. The van der Waals surface area contributed by atoms with Crippen molar-refractivity contribution in [2.75, 3.05) is 25.9 Å². The number of carbonyl (C=O) groups excluding carboxylic acids is 1. The second kappa shape index (κ2) is 9.73. The molecule has 1 saturated heterocycles. The van der Waals surface area contributed by atoms with Crippen LogP contribution in [0.15, 0.2) is 41.5 Å². The average molecular weight is 610 g/mol. The van der Waals surface area contributed by atoms with Crippen molar-refractivity contribution in [2.45, 2.75) is 36.2 Å². The van der Waals surface area contributed by atoms with E-state index in [2.05, 4.69) is 9.98 Å². The second-order valence-corrected chi connectivity index (χ2v) is 14.0. The van der Waals surface area contributed by atoms with E-state index in [1.54, 1.807) is 0 Å². The Morgan fingerprint density at radius 1 is 1.18 bits per heavy atom. The third-order valence-corrected chi connectivity index (χ3v) is 11.7. The first kappa shape index (κ1) is 29.8. The lowest BCUT2D eigenvalue weighted by Crippen LogP contribution is -2.66. The number of hydrogen-bond acceptors (Lipinski definition) is 8. The zero-order valence-electron chi connectivity index (χ0n) is 21.1. The fourth-order valence-corrected chi connectivity index (χ4v) is 8.71. The van der Waals surface area contributed by atoms with Gasteiger partial charge in [-0.1, -0.05) is 6.07 Å². The lowest BCUT2D eigenvalue weighted by molar-refractivity contribution is -0.107. The topological polar surface area (TPSA) is 143 Å². The van der Waals surface area contributed by atoms with Crippen LogP contribution >= 0.6 is 0 Å². The Morgan fingerprint density at radius 3 is 2.45 bits per heavy atom. The van der Waals surface area contributed by atoms with E-state index < -0.39 is 85.1 Å². The molecule has 2 aliphatic heterocycles. The zero-order valence-corrected chi connectivity index (χ0v) is 22.7. The third kappa shape index (κ3) is 4.94. The summed E-state index contributed by atoms with van der Waals surface area (Å²) in [6.07, 6.45) is -5.12. The van der Waals surface area contributed by atoms with Crippen LogP contribution in [0.1, 0.15) is 35.0 Å². The van der Waals surface area contributed by atoms with Crippen molar-refractivity contribution < 1.29 is 43.6 Å².